The molecule has 3 aromatic rings. The summed E-state index contributed by atoms with van der Waals surface area (Å²) in [6.07, 6.45) is 2.97. The van der Waals surface area contributed by atoms with Gasteiger partial charge < -0.3 is 10.1 Å². The summed E-state index contributed by atoms with van der Waals surface area (Å²) in [6.45, 7) is 12.5. The Labute approximate surface area is 185 Å². The summed E-state index contributed by atoms with van der Waals surface area (Å²) in [7, 11) is 0. The smallest absolute Gasteiger partial charge is 0.0843 e. The molecule has 0 bridgehead atoms. The Balaban J connectivity index is 1.87. The summed E-state index contributed by atoms with van der Waals surface area (Å²) >= 11 is 0. The molecule has 0 fully saturated rings. The van der Waals surface area contributed by atoms with Crippen molar-refractivity contribution >= 4 is 11.4 Å². The molecule has 2 aromatic carbocycles. The van der Waals surface area contributed by atoms with Gasteiger partial charge in [0.25, 0.3) is 0 Å². The third-order valence-corrected chi connectivity index (χ3v) is 6.45. The SMILES string of the molecule is C/C(=N\O)c1cc2c(cc1-c1ccc(C)cc1)C(C)(C)CCN2Cc1ccnc(C)c1. The first-order valence-corrected chi connectivity index (χ1v) is 10.9. The van der Waals surface area contributed by atoms with Crippen LogP contribution in [0, 0.1) is 13.8 Å². The van der Waals surface area contributed by atoms with Gasteiger partial charge in [-0.2, -0.15) is 0 Å². The van der Waals surface area contributed by atoms with Gasteiger partial charge >= 0.3 is 0 Å². The van der Waals surface area contributed by atoms with Gasteiger partial charge in [0, 0.05) is 36.2 Å². The van der Waals surface area contributed by atoms with Crippen molar-refractivity contribution in [2.45, 2.75) is 53.0 Å². The maximum absolute atomic E-state index is 9.61. The van der Waals surface area contributed by atoms with Gasteiger partial charge in [0.05, 0.1) is 5.71 Å². The minimum Gasteiger partial charge on any atom is -0.411 e. The first-order valence-electron chi connectivity index (χ1n) is 10.9. The number of rotatable bonds is 4. The molecule has 1 aliphatic rings. The number of anilines is 1. The van der Waals surface area contributed by atoms with Gasteiger partial charge in [-0.1, -0.05) is 48.8 Å². The minimum atomic E-state index is 0.0717. The van der Waals surface area contributed by atoms with E-state index in [1.165, 1.54) is 22.4 Å². The molecule has 1 N–H and O–H groups in total. The summed E-state index contributed by atoms with van der Waals surface area (Å²) in [4.78, 5) is 6.78. The zero-order valence-electron chi connectivity index (χ0n) is 19.1. The van der Waals surface area contributed by atoms with Crippen molar-refractivity contribution in [3.63, 3.8) is 0 Å². The van der Waals surface area contributed by atoms with Gasteiger partial charge in [-0.15, -0.1) is 0 Å². The largest absolute Gasteiger partial charge is 0.411 e. The summed E-state index contributed by atoms with van der Waals surface area (Å²) in [5, 5.41) is 13.2. The fourth-order valence-corrected chi connectivity index (χ4v) is 4.47. The van der Waals surface area contributed by atoms with E-state index in [1.54, 1.807) is 0 Å². The summed E-state index contributed by atoms with van der Waals surface area (Å²) < 4.78 is 0. The third kappa shape index (κ3) is 4.20. The highest BCUT2D eigenvalue weighted by Crippen LogP contribution is 2.43. The highest BCUT2D eigenvalue weighted by molar-refractivity contribution is 6.05. The molecule has 0 saturated heterocycles. The van der Waals surface area contributed by atoms with Crippen LogP contribution in [-0.4, -0.2) is 22.4 Å². The van der Waals surface area contributed by atoms with Crippen LogP contribution in [0.1, 0.15) is 55.1 Å². The monoisotopic (exact) mass is 413 g/mol. The first-order chi connectivity index (χ1) is 14.8. The lowest BCUT2D eigenvalue weighted by molar-refractivity contribution is 0.319. The molecule has 4 nitrogen and oxygen atoms in total. The number of benzene rings is 2. The van der Waals surface area contributed by atoms with Gasteiger partial charge in [-0.05, 0) is 79.1 Å². The minimum absolute atomic E-state index is 0.0717. The van der Waals surface area contributed by atoms with Crippen LogP contribution >= 0.6 is 0 Å². The van der Waals surface area contributed by atoms with E-state index >= 15 is 0 Å². The summed E-state index contributed by atoms with van der Waals surface area (Å²) in [6, 6.07) is 17.3. The van der Waals surface area contributed by atoms with Crippen molar-refractivity contribution in [1.82, 2.24) is 4.98 Å². The van der Waals surface area contributed by atoms with Crippen LogP contribution in [0.15, 0.2) is 59.9 Å². The number of oxime groups is 1. The first kappa shape index (κ1) is 21.1. The molecule has 0 atom stereocenters. The molecule has 4 heteroatoms. The van der Waals surface area contributed by atoms with Crippen LogP contribution in [-0.2, 0) is 12.0 Å². The average molecular weight is 414 g/mol. The molecule has 1 aromatic heterocycles. The van der Waals surface area contributed by atoms with Crippen LogP contribution in [0.5, 0.6) is 0 Å². The van der Waals surface area contributed by atoms with Crippen LogP contribution < -0.4 is 4.90 Å². The molecule has 0 radical (unpaired) electrons. The molecule has 1 aliphatic heterocycles. The molecule has 2 heterocycles. The lowest BCUT2D eigenvalue weighted by Crippen LogP contribution is -2.37. The van der Waals surface area contributed by atoms with E-state index in [4.69, 9.17) is 0 Å². The molecule has 0 amide bonds. The molecule has 160 valence electrons. The van der Waals surface area contributed by atoms with Crippen molar-refractivity contribution in [3.8, 4) is 11.1 Å². The molecule has 0 aliphatic carbocycles. The van der Waals surface area contributed by atoms with Crippen LogP contribution in [0.25, 0.3) is 11.1 Å². The number of aromatic nitrogens is 1. The Kier molecular flexibility index (Phi) is 5.57. The van der Waals surface area contributed by atoms with Crippen molar-refractivity contribution in [2.24, 2.45) is 5.16 Å². The van der Waals surface area contributed by atoms with E-state index in [-0.39, 0.29) is 5.41 Å². The lowest BCUT2D eigenvalue weighted by atomic mass is 9.75. The number of pyridine rings is 1. The van der Waals surface area contributed by atoms with E-state index in [0.717, 1.165) is 41.9 Å². The fourth-order valence-electron chi connectivity index (χ4n) is 4.47. The second kappa shape index (κ2) is 8.18. The molecule has 0 spiro atoms. The van der Waals surface area contributed by atoms with Crippen LogP contribution in [0.3, 0.4) is 0 Å². The van der Waals surface area contributed by atoms with E-state index in [2.05, 4.69) is 84.3 Å². The predicted octanol–water partition coefficient (Wildman–Crippen LogP) is 6.25. The number of hydrogen-bond acceptors (Lipinski definition) is 4. The van der Waals surface area contributed by atoms with Crippen molar-refractivity contribution in [2.75, 3.05) is 11.4 Å². The summed E-state index contributed by atoms with van der Waals surface area (Å²) in [5.41, 5.74) is 10.0. The molecule has 31 heavy (non-hydrogen) atoms. The Hall–Kier alpha value is -3.14. The maximum Gasteiger partial charge on any atom is 0.0843 e. The van der Waals surface area contributed by atoms with Gasteiger partial charge in [0.1, 0.15) is 0 Å². The fraction of sp³-hybridized carbons (Fsp3) is 0.333. The van der Waals surface area contributed by atoms with Gasteiger partial charge in [0.2, 0.25) is 0 Å². The Bertz CT molecular complexity index is 1130. The number of fused-ring (bicyclic) bond motifs is 1. The average Bonchev–Trinajstić information content (AvgIpc) is 2.75. The molecular formula is C27H31N3O. The topological polar surface area (TPSA) is 48.7 Å². The van der Waals surface area contributed by atoms with Crippen LogP contribution in [0.2, 0.25) is 0 Å². The van der Waals surface area contributed by atoms with Gasteiger partial charge in [0.15, 0.2) is 0 Å². The molecule has 0 unspecified atom stereocenters. The summed E-state index contributed by atoms with van der Waals surface area (Å²) in [5.74, 6) is 0. The van der Waals surface area contributed by atoms with Gasteiger partial charge in [-0.25, -0.2) is 0 Å². The Morgan fingerprint density at radius 3 is 2.52 bits per heavy atom. The van der Waals surface area contributed by atoms with Crippen molar-refractivity contribution < 1.29 is 5.21 Å². The highest BCUT2D eigenvalue weighted by atomic mass is 16.4. The number of aryl methyl sites for hydroxylation is 2. The predicted molar refractivity (Wildman–Crippen MR) is 128 cm³/mol. The van der Waals surface area contributed by atoms with Crippen molar-refractivity contribution in [3.05, 3.63) is 82.7 Å². The second-order valence-electron chi connectivity index (χ2n) is 9.33. The number of nitrogens with zero attached hydrogens (tertiary/aromatic N) is 3. The van der Waals surface area contributed by atoms with E-state index < -0.39 is 0 Å². The van der Waals surface area contributed by atoms with E-state index in [0.29, 0.717) is 5.71 Å². The quantitative estimate of drug-likeness (QED) is 0.312. The Morgan fingerprint density at radius 2 is 1.84 bits per heavy atom. The molecule has 0 saturated carbocycles. The third-order valence-electron chi connectivity index (χ3n) is 6.45. The number of hydrogen-bond donors (Lipinski definition) is 1. The van der Waals surface area contributed by atoms with Crippen LogP contribution in [0.4, 0.5) is 5.69 Å². The lowest BCUT2D eigenvalue weighted by Gasteiger charge is -2.41. The molecular weight excluding hydrogens is 382 g/mol. The van der Waals surface area contributed by atoms with Gasteiger partial charge in [-0.3, -0.25) is 4.98 Å². The second-order valence-corrected chi connectivity index (χ2v) is 9.33. The zero-order chi connectivity index (χ0) is 22.2. The van der Waals surface area contributed by atoms with Crippen molar-refractivity contribution in [1.29, 1.82) is 0 Å². The highest BCUT2D eigenvalue weighted by Gasteiger charge is 2.32. The zero-order valence-corrected chi connectivity index (χ0v) is 19.1. The Morgan fingerprint density at radius 1 is 1.10 bits per heavy atom. The normalized spacial score (nSPS) is 15.6. The molecule has 4 rings (SSSR count). The maximum atomic E-state index is 9.61. The van der Waals surface area contributed by atoms with E-state index in [1.807, 2.05) is 20.0 Å². The van der Waals surface area contributed by atoms with E-state index in [9.17, 15) is 5.21 Å². The standard InChI is InChI=1S/C27H31N3O/c1-18-6-8-22(9-7-18)24-15-25-26(16-23(24)20(3)29-31)30(13-11-27(25,4)5)17-21-10-12-28-19(2)14-21/h6-10,12,14-16,31H,11,13,17H2,1-5H3/b29-20+.